The minimum Gasteiger partial charge on any atom is -0.497 e. The molecule has 0 heterocycles. The number of aliphatic hydroxyl groups excluding tert-OH is 1. The van der Waals surface area contributed by atoms with E-state index in [-0.39, 0.29) is 18.5 Å². The number of benzene rings is 2. The molecule has 28 heavy (non-hydrogen) atoms. The molecule has 0 saturated heterocycles. The van der Waals surface area contributed by atoms with Crippen molar-refractivity contribution in [3.63, 3.8) is 0 Å². The number of methoxy groups -OCH3 is 1. The topological polar surface area (TPSA) is 75.1 Å². The summed E-state index contributed by atoms with van der Waals surface area (Å²) in [4.78, 5) is 4.42. The largest absolute Gasteiger partial charge is 0.497 e. The second kappa shape index (κ2) is 11.1. The van der Waals surface area contributed by atoms with Gasteiger partial charge in [-0.25, -0.2) is 4.39 Å². The van der Waals surface area contributed by atoms with E-state index >= 15 is 0 Å². The Morgan fingerprint density at radius 2 is 1.89 bits per heavy atom. The highest BCUT2D eigenvalue weighted by atomic mass is 19.1. The van der Waals surface area contributed by atoms with Crippen molar-refractivity contribution in [2.75, 3.05) is 26.7 Å². The van der Waals surface area contributed by atoms with E-state index in [4.69, 9.17) is 9.47 Å². The third-order valence-electron chi connectivity index (χ3n) is 3.96. The minimum atomic E-state index is -0.720. The van der Waals surface area contributed by atoms with Gasteiger partial charge in [-0.2, -0.15) is 0 Å². The Bertz CT molecular complexity index is 753. The fraction of sp³-hybridized carbons (Fsp3) is 0.381. The number of guanidine groups is 1. The Morgan fingerprint density at radius 3 is 2.54 bits per heavy atom. The fourth-order valence-corrected chi connectivity index (χ4v) is 2.51. The van der Waals surface area contributed by atoms with Gasteiger partial charge in [-0.15, -0.1) is 0 Å². The van der Waals surface area contributed by atoms with Gasteiger partial charge in [-0.3, -0.25) is 4.99 Å². The highest BCUT2D eigenvalue weighted by molar-refractivity contribution is 5.79. The van der Waals surface area contributed by atoms with Crippen LogP contribution in [0.15, 0.2) is 53.5 Å². The first kappa shape index (κ1) is 21.5. The zero-order chi connectivity index (χ0) is 20.4. The van der Waals surface area contributed by atoms with E-state index in [1.54, 1.807) is 31.4 Å². The lowest BCUT2D eigenvalue weighted by molar-refractivity contribution is 0.187. The van der Waals surface area contributed by atoms with E-state index in [2.05, 4.69) is 15.6 Å². The van der Waals surface area contributed by atoms with Gasteiger partial charge in [-0.1, -0.05) is 18.2 Å². The lowest BCUT2D eigenvalue weighted by Crippen LogP contribution is -2.42. The van der Waals surface area contributed by atoms with E-state index in [9.17, 15) is 9.50 Å². The second-order valence-electron chi connectivity index (χ2n) is 6.28. The molecule has 7 heteroatoms. The molecule has 2 rings (SSSR count). The van der Waals surface area contributed by atoms with E-state index in [0.717, 1.165) is 11.3 Å². The Kier molecular flexibility index (Phi) is 8.55. The van der Waals surface area contributed by atoms with Gasteiger partial charge < -0.3 is 25.2 Å². The quantitative estimate of drug-likeness (QED) is 0.454. The molecule has 0 spiro atoms. The Labute approximate surface area is 165 Å². The number of aliphatic hydroxyl groups is 1. The van der Waals surface area contributed by atoms with Crippen LogP contribution in [-0.2, 0) is 0 Å². The van der Waals surface area contributed by atoms with Crippen LogP contribution in [-0.4, -0.2) is 43.9 Å². The number of nitrogens with zero attached hydrogens (tertiary/aromatic N) is 1. The molecule has 0 radical (unpaired) electrons. The average Bonchev–Trinajstić information content (AvgIpc) is 2.70. The molecule has 0 aromatic heterocycles. The van der Waals surface area contributed by atoms with Crippen molar-refractivity contribution in [2.45, 2.75) is 26.1 Å². The van der Waals surface area contributed by atoms with Crippen molar-refractivity contribution in [2.24, 2.45) is 4.99 Å². The summed E-state index contributed by atoms with van der Waals surface area (Å²) in [5.41, 5.74) is 0.767. The molecule has 0 aliphatic heterocycles. The predicted molar refractivity (Wildman–Crippen MR) is 108 cm³/mol. The number of halogens is 1. The van der Waals surface area contributed by atoms with E-state index in [1.165, 1.54) is 12.1 Å². The summed E-state index contributed by atoms with van der Waals surface area (Å²) in [7, 11) is 1.60. The number of nitrogens with one attached hydrogen (secondary N) is 2. The zero-order valence-electron chi connectivity index (χ0n) is 16.5. The van der Waals surface area contributed by atoms with Crippen molar-refractivity contribution >= 4 is 5.96 Å². The summed E-state index contributed by atoms with van der Waals surface area (Å²) in [5, 5.41) is 16.6. The Hall–Kier alpha value is -2.80. The van der Waals surface area contributed by atoms with E-state index in [0.29, 0.717) is 24.8 Å². The minimum absolute atomic E-state index is 0.197. The lowest BCUT2D eigenvalue weighted by Gasteiger charge is -2.18. The molecule has 2 aromatic carbocycles. The third kappa shape index (κ3) is 7.08. The first-order valence-corrected chi connectivity index (χ1v) is 9.28. The van der Waals surface area contributed by atoms with Gasteiger partial charge in [-0.05, 0) is 43.7 Å². The van der Waals surface area contributed by atoms with Gasteiger partial charge in [0.05, 0.1) is 26.3 Å². The molecule has 0 amide bonds. The van der Waals surface area contributed by atoms with Crippen molar-refractivity contribution in [3.05, 3.63) is 59.9 Å². The molecule has 6 nitrogen and oxygen atoms in total. The summed E-state index contributed by atoms with van der Waals surface area (Å²) in [6.45, 7) is 5.21. The van der Waals surface area contributed by atoms with Crippen LogP contribution >= 0.6 is 0 Å². The maximum absolute atomic E-state index is 13.2. The highest BCUT2D eigenvalue weighted by Crippen LogP contribution is 2.17. The first-order chi connectivity index (χ1) is 13.5. The molecule has 0 fully saturated rings. The van der Waals surface area contributed by atoms with Crippen molar-refractivity contribution in [3.8, 4) is 11.5 Å². The molecular formula is C21H28FN3O3. The van der Waals surface area contributed by atoms with Crippen LogP contribution in [0.3, 0.4) is 0 Å². The summed E-state index contributed by atoms with van der Waals surface area (Å²) in [6, 6.07) is 13.3. The predicted octanol–water partition coefficient (Wildman–Crippen LogP) is 2.89. The van der Waals surface area contributed by atoms with E-state index < -0.39 is 6.10 Å². The zero-order valence-corrected chi connectivity index (χ0v) is 16.5. The lowest BCUT2D eigenvalue weighted by atomic mass is 10.1. The van der Waals surface area contributed by atoms with Crippen LogP contribution in [0.1, 0.15) is 25.5 Å². The average molecular weight is 389 g/mol. The maximum Gasteiger partial charge on any atom is 0.191 e. The van der Waals surface area contributed by atoms with Crippen molar-refractivity contribution in [1.82, 2.24) is 10.6 Å². The molecule has 2 aromatic rings. The van der Waals surface area contributed by atoms with Gasteiger partial charge in [0.1, 0.15) is 23.4 Å². The Balaban J connectivity index is 1.88. The van der Waals surface area contributed by atoms with Crippen LogP contribution in [0.2, 0.25) is 0 Å². The molecular weight excluding hydrogens is 361 g/mol. The SMILES string of the molecule is CCNC(=NCC(O)c1ccc(OC)cc1)NCC(C)Oc1cccc(F)c1. The van der Waals surface area contributed by atoms with Crippen LogP contribution in [0.5, 0.6) is 11.5 Å². The second-order valence-corrected chi connectivity index (χ2v) is 6.28. The van der Waals surface area contributed by atoms with Gasteiger partial charge in [0.25, 0.3) is 0 Å². The molecule has 2 unspecified atom stereocenters. The van der Waals surface area contributed by atoms with E-state index in [1.807, 2.05) is 26.0 Å². The standard InChI is InChI=1S/C21H28FN3O3/c1-4-23-21(24-13-15(2)28-19-7-5-6-17(22)12-19)25-14-20(26)16-8-10-18(27-3)11-9-16/h5-12,15,20,26H,4,13-14H2,1-3H3,(H2,23,24,25). The molecule has 3 N–H and O–H groups in total. The van der Waals surface area contributed by atoms with Gasteiger partial charge in [0.15, 0.2) is 5.96 Å². The highest BCUT2D eigenvalue weighted by Gasteiger charge is 2.09. The van der Waals surface area contributed by atoms with Crippen molar-refractivity contribution in [1.29, 1.82) is 0 Å². The van der Waals surface area contributed by atoms with Gasteiger partial charge >= 0.3 is 0 Å². The van der Waals surface area contributed by atoms with Gasteiger partial charge in [0.2, 0.25) is 0 Å². The first-order valence-electron chi connectivity index (χ1n) is 9.28. The number of hydrogen-bond donors (Lipinski definition) is 3. The summed E-state index contributed by atoms with van der Waals surface area (Å²) >= 11 is 0. The number of rotatable bonds is 9. The number of aliphatic imine (C=N–C) groups is 1. The smallest absolute Gasteiger partial charge is 0.191 e. The molecule has 2 atom stereocenters. The van der Waals surface area contributed by atoms with Crippen LogP contribution in [0.25, 0.3) is 0 Å². The molecule has 0 aliphatic rings. The molecule has 0 aliphatic carbocycles. The number of hydrogen-bond acceptors (Lipinski definition) is 4. The van der Waals surface area contributed by atoms with Crippen LogP contribution < -0.4 is 20.1 Å². The molecule has 0 saturated carbocycles. The summed E-state index contributed by atoms with van der Waals surface area (Å²) in [6.07, 6.45) is -0.917. The number of ether oxygens (including phenoxy) is 2. The fourth-order valence-electron chi connectivity index (χ4n) is 2.51. The monoisotopic (exact) mass is 389 g/mol. The summed E-state index contributed by atoms with van der Waals surface area (Å²) in [5.74, 6) is 1.46. The normalized spacial score (nSPS) is 13.5. The van der Waals surface area contributed by atoms with Crippen LogP contribution in [0.4, 0.5) is 4.39 Å². The van der Waals surface area contributed by atoms with Crippen molar-refractivity contribution < 1.29 is 19.0 Å². The van der Waals surface area contributed by atoms with Crippen LogP contribution in [0, 0.1) is 5.82 Å². The summed E-state index contributed by atoms with van der Waals surface area (Å²) < 4.78 is 24.0. The molecule has 152 valence electrons. The maximum atomic E-state index is 13.2. The van der Waals surface area contributed by atoms with Gasteiger partial charge in [0, 0.05) is 12.6 Å². The third-order valence-corrected chi connectivity index (χ3v) is 3.96. The Morgan fingerprint density at radius 1 is 1.14 bits per heavy atom. The molecule has 0 bridgehead atoms.